The molecule has 0 saturated heterocycles. The smallest absolute Gasteiger partial charge is 0.311 e. The molecule has 1 aliphatic carbocycles. The van der Waals surface area contributed by atoms with Gasteiger partial charge in [0, 0.05) is 0 Å². The summed E-state index contributed by atoms with van der Waals surface area (Å²) in [4.78, 5) is 0. The van der Waals surface area contributed by atoms with Crippen LogP contribution in [-0.2, 0) is 13.6 Å². The molecular formula is C8H17O3P. The second-order valence-electron chi connectivity index (χ2n) is 3.06. The lowest BCUT2D eigenvalue weighted by Gasteiger charge is -2.20. The third-order valence-corrected chi connectivity index (χ3v) is 3.13. The van der Waals surface area contributed by atoms with Crippen LogP contribution in [0.15, 0.2) is 0 Å². The van der Waals surface area contributed by atoms with Crippen molar-refractivity contribution in [1.29, 1.82) is 0 Å². The van der Waals surface area contributed by atoms with E-state index in [-0.39, 0.29) is 6.10 Å². The summed E-state index contributed by atoms with van der Waals surface area (Å²) in [5.41, 5.74) is 0. The van der Waals surface area contributed by atoms with Gasteiger partial charge in [-0.25, -0.2) is 0 Å². The van der Waals surface area contributed by atoms with E-state index in [9.17, 15) is 4.57 Å². The van der Waals surface area contributed by atoms with E-state index >= 15 is 0 Å². The van der Waals surface area contributed by atoms with Crippen molar-refractivity contribution in [3.05, 3.63) is 0 Å². The predicted octanol–water partition coefficient (Wildman–Crippen LogP) is 2.76. The van der Waals surface area contributed by atoms with E-state index < -0.39 is 8.25 Å². The summed E-state index contributed by atoms with van der Waals surface area (Å²) in [7, 11) is -2.19. The summed E-state index contributed by atoms with van der Waals surface area (Å²) < 4.78 is 21.2. The van der Waals surface area contributed by atoms with Crippen LogP contribution in [-0.4, -0.2) is 12.7 Å². The lowest BCUT2D eigenvalue weighted by molar-refractivity contribution is 0.132. The summed E-state index contributed by atoms with van der Waals surface area (Å²) in [5.74, 6) is 0. The van der Waals surface area contributed by atoms with E-state index in [0.717, 1.165) is 12.8 Å². The highest BCUT2D eigenvalue weighted by Gasteiger charge is 2.15. The Morgan fingerprint density at radius 2 is 2.00 bits per heavy atom. The van der Waals surface area contributed by atoms with Gasteiger partial charge in [0.1, 0.15) is 0 Å². The van der Waals surface area contributed by atoms with Crippen molar-refractivity contribution in [2.75, 3.05) is 6.61 Å². The highest BCUT2D eigenvalue weighted by molar-refractivity contribution is 7.33. The van der Waals surface area contributed by atoms with Crippen LogP contribution < -0.4 is 0 Å². The molecule has 0 aromatic heterocycles. The van der Waals surface area contributed by atoms with Crippen LogP contribution >= 0.6 is 8.25 Å². The van der Waals surface area contributed by atoms with Crippen LogP contribution in [0.5, 0.6) is 0 Å². The minimum atomic E-state index is -2.19. The normalized spacial score (nSPS) is 22.4. The van der Waals surface area contributed by atoms with Crippen LogP contribution in [0.4, 0.5) is 0 Å². The first-order chi connectivity index (χ1) is 5.83. The van der Waals surface area contributed by atoms with Crippen molar-refractivity contribution in [3.63, 3.8) is 0 Å². The molecular weight excluding hydrogens is 175 g/mol. The first-order valence-electron chi connectivity index (χ1n) is 4.66. The Hall–Kier alpha value is 0.150. The fraction of sp³-hybridized carbons (Fsp3) is 1.00. The van der Waals surface area contributed by atoms with Crippen molar-refractivity contribution < 1.29 is 13.6 Å². The Morgan fingerprint density at radius 1 is 1.33 bits per heavy atom. The molecule has 0 N–H and O–H groups in total. The zero-order valence-electron chi connectivity index (χ0n) is 7.54. The quantitative estimate of drug-likeness (QED) is 0.642. The summed E-state index contributed by atoms with van der Waals surface area (Å²) in [6, 6.07) is 0. The lowest BCUT2D eigenvalue weighted by Crippen LogP contribution is -2.13. The monoisotopic (exact) mass is 192 g/mol. The fourth-order valence-corrected chi connectivity index (χ4v) is 2.28. The first kappa shape index (κ1) is 10.2. The van der Waals surface area contributed by atoms with Crippen LogP contribution in [0.1, 0.15) is 39.0 Å². The Labute approximate surface area is 74.4 Å². The molecule has 0 radical (unpaired) electrons. The average molecular weight is 192 g/mol. The molecule has 3 nitrogen and oxygen atoms in total. The summed E-state index contributed by atoms with van der Waals surface area (Å²) in [6.45, 7) is 2.30. The Bertz CT molecular complexity index is 143. The summed E-state index contributed by atoms with van der Waals surface area (Å²) in [6.07, 6.45) is 5.97. The van der Waals surface area contributed by atoms with Gasteiger partial charge in [-0.1, -0.05) is 19.3 Å². The average Bonchev–Trinajstić information content (AvgIpc) is 2.06. The van der Waals surface area contributed by atoms with E-state index in [1.165, 1.54) is 19.3 Å². The van der Waals surface area contributed by atoms with E-state index in [1.807, 2.05) is 6.92 Å². The van der Waals surface area contributed by atoms with Crippen molar-refractivity contribution in [1.82, 2.24) is 0 Å². The maximum atomic E-state index is 11.1. The molecule has 0 bridgehead atoms. The minimum Gasteiger partial charge on any atom is -0.311 e. The molecule has 0 aliphatic heterocycles. The van der Waals surface area contributed by atoms with Gasteiger partial charge in [0.2, 0.25) is 0 Å². The van der Waals surface area contributed by atoms with Crippen LogP contribution in [0, 0.1) is 0 Å². The number of hydrogen-bond donors (Lipinski definition) is 0. The zero-order valence-corrected chi connectivity index (χ0v) is 8.54. The molecule has 0 heterocycles. The van der Waals surface area contributed by atoms with Crippen molar-refractivity contribution in [2.24, 2.45) is 0 Å². The molecule has 1 aliphatic rings. The molecule has 1 rings (SSSR count). The van der Waals surface area contributed by atoms with Crippen molar-refractivity contribution in [2.45, 2.75) is 45.1 Å². The molecule has 1 unspecified atom stereocenters. The Balaban J connectivity index is 2.15. The molecule has 0 aromatic carbocycles. The van der Waals surface area contributed by atoms with Gasteiger partial charge in [-0.2, -0.15) is 0 Å². The molecule has 72 valence electrons. The van der Waals surface area contributed by atoms with E-state index in [2.05, 4.69) is 0 Å². The van der Waals surface area contributed by atoms with Gasteiger partial charge < -0.3 is 9.05 Å². The molecule has 0 spiro atoms. The van der Waals surface area contributed by atoms with Crippen molar-refractivity contribution in [3.8, 4) is 0 Å². The second kappa shape index (κ2) is 5.74. The highest BCUT2D eigenvalue weighted by Crippen LogP contribution is 2.31. The minimum absolute atomic E-state index is 0.191. The van der Waals surface area contributed by atoms with E-state index in [1.54, 1.807) is 0 Å². The maximum absolute atomic E-state index is 11.1. The van der Waals surface area contributed by atoms with Gasteiger partial charge in [0.05, 0.1) is 12.7 Å². The fourth-order valence-electron chi connectivity index (χ4n) is 1.47. The van der Waals surface area contributed by atoms with Crippen LogP contribution in [0.25, 0.3) is 0 Å². The molecule has 0 amide bonds. The van der Waals surface area contributed by atoms with Gasteiger partial charge >= 0.3 is 8.25 Å². The Morgan fingerprint density at radius 3 is 2.58 bits per heavy atom. The molecule has 12 heavy (non-hydrogen) atoms. The molecule has 1 atom stereocenters. The number of hydrogen-bond acceptors (Lipinski definition) is 3. The standard InChI is InChI=1S/C8H17O3P/c1-2-10-12(9)11-8-6-4-3-5-7-8/h8,12H,2-7H2,1H3. The van der Waals surface area contributed by atoms with Gasteiger partial charge in [-0.3, -0.25) is 4.57 Å². The van der Waals surface area contributed by atoms with Crippen LogP contribution in [0.3, 0.4) is 0 Å². The summed E-state index contributed by atoms with van der Waals surface area (Å²) >= 11 is 0. The van der Waals surface area contributed by atoms with Gasteiger partial charge in [-0.05, 0) is 19.8 Å². The molecule has 4 heteroatoms. The molecule has 1 fully saturated rings. The zero-order chi connectivity index (χ0) is 8.81. The molecule has 0 aromatic rings. The first-order valence-corrected chi connectivity index (χ1v) is 5.89. The third-order valence-electron chi connectivity index (χ3n) is 2.08. The molecule has 1 saturated carbocycles. The van der Waals surface area contributed by atoms with Gasteiger partial charge in [-0.15, -0.1) is 0 Å². The second-order valence-corrected chi connectivity index (χ2v) is 4.09. The SMILES string of the molecule is CCO[PH](=O)OC1CCCCC1. The topological polar surface area (TPSA) is 35.5 Å². The van der Waals surface area contributed by atoms with E-state index in [4.69, 9.17) is 9.05 Å². The highest BCUT2D eigenvalue weighted by atomic mass is 31.1. The maximum Gasteiger partial charge on any atom is 0.319 e. The lowest BCUT2D eigenvalue weighted by atomic mass is 9.98. The predicted molar refractivity (Wildman–Crippen MR) is 48.6 cm³/mol. The largest absolute Gasteiger partial charge is 0.319 e. The van der Waals surface area contributed by atoms with Gasteiger partial charge in [0.25, 0.3) is 0 Å². The van der Waals surface area contributed by atoms with E-state index in [0.29, 0.717) is 6.61 Å². The van der Waals surface area contributed by atoms with Crippen molar-refractivity contribution >= 4 is 8.25 Å². The number of rotatable bonds is 4. The third kappa shape index (κ3) is 3.70. The van der Waals surface area contributed by atoms with Gasteiger partial charge in [0.15, 0.2) is 0 Å². The Kier molecular flexibility index (Phi) is 4.89. The van der Waals surface area contributed by atoms with Crippen LogP contribution in [0.2, 0.25) is 0 Å². The summed E-state index contributed by atoms with van der Waals surface area (Å²) in [5, 5.41) is 0.